The van der Waals surface area contributed by atoms with Crippen molar-refractivity contribution in [1.82, 2.24) is 0 Å². The molecule has 0 N–H and O–H groups in total. The third-order valence-electron chi connectivity index (χ3n) is 11.2. The van der Waals surface area contributed by atoms with E-state index >= 15 is 0 Å². The minimum absolute atomic E-state index is 0.104. The zero-order valence-electron chi connectivity index (χ0n) is 41.3. The molecule has 6 heteroatoms. The fourth-order valence-corrected chi connectivity index (χ4v) is 7.23. The topological polar surface area (TPSA) is 78.9 Å². The molecule has 0 aromatic rings. The fourth-order valence-electron chi connectivity index (χ4n) is 7.23. The van der Waals surface area contributed by atoms with E-state index in [-0.39, 0.29) is 37.5 Å². The van der Waals surface area contributed by atoms with Crippen molar-refractivity contribution in [3.8, 4) is 0 Å². The first-order valence-corrected chi connectivity index (χ1v) is 26.5. The monoisotopic (exact) mass is 879 g/mol. The van der Waals surface area contributed by atoms with Crippen molar-refractivity contribution in [3.63, 3.8) is 0 Å². The van der Waals surface area contributed by atoms with E-state index in [1.54, 1.807) is 0 Å². The lowest BCUT2D eigenvalue weighted by Crippen LogP contribution is -2.30. The van der Waals surface area contributed by atoms with Gasteiger partial charge in [-0.3, -0.25) is 14.4 Å². The van der Waals surface area contributed by atoms with Crippen molar-refractivity contribution in [1.29, 1.82) is 0 Å². The molecule has 362 valence electrons. The number of carbonyl (C=O) groups excluding carboxylic acids is 3. The van der Waals surface area contributed by atoms with Gasteiger partial charge in [0.2, 0.25) is 0 Å². The van der Waals surface area contributed by atoms with Crippen LogP contribution in [0.3, 0.4) is 0 Å². The number of allylic oxidation sites excluding steroid dienone is 12. The van der Waals surface area contributed by atoms with Gasteiger partial charge in [-0.05, 0) is 89.9 Å². The van der Waals surface area contributed by atoms with Crippen LogP contribution in [0, 0.1) is 0 Å². The van der Waals surface area contributed by atoms with E-state index in [0.717, 1.165) is 89.9 Å². The van der Waals surface area contributed by atoms with Crippen LogP contribution in [-0.2, 0) is 28.6 Å². The van der Waals surface area contributed by atoms with Crippen LogP contribution in [0.4, 0.5) is 0 Å². The summed E-state index contributed by atoms with van der Waals surface area (Å²) < 4.78 is 16.7. The molecule has 63 heavy (non-hydrogen) atoms. The quantitative estimate of drug-likeness (QED) is 0.0199. The number of ether oxygens (including phenoxy) is 3. The molecule has 6 nitrogen and oxygen atoms in total. The van der Waals surface area contributed by atoms with Gasteiger partial charge in [0.25, 0.3) is 0 Å². The summed E-state index contributed by atoms with van der Waals surface area (Å²) in [6, 6.07) is 0. The molecule has 0 radical (unpaired) electrons. The van der Waals surface area contributed by atoms with Crippen LogP contribution in [0.2, 0.25) is 0 Å². The van der Waals surface area contributed by atoms with Crippen molar-refractivity contribution in [2.24, 2.45) is 0 Å². The fraction of sp³-hybridized carbons (Fsp3) is 0.737. The molecule has 0 aliphatic carbocycles. The average molecular weight is 879 g/mol. The first-order chi connectivity index (χ1) is 31.0. The molecule has 0 aromatic heterocycles. The summed E-state index contributed by atoms with van der Waals surface area (Å²) >= 11 is 0. The van der Waals surface area contributed by atoms with Gasteiger partial charge in [-0.15, -0.1) is 0 Å². The van der Waals surface area contributed by atoms with Crippen LogP contribution < -0.4 is 0 Å². The molecule has 0 rings (SSSR count). The van der Waals surface area contributed by atoms with E-state index in [1.165, 1.54) is 116 Å². The SMILES string of the molecule is CC/C=C\C/C=C\CCCCCCCCCC(=O)OC(COC(=O)CC/C=C\C/C=C\CCCCCCCC)COC(=O)CCCCCCC/C=C\C=C/CCCCCCCCC. The first-order valence-electron chi connectivity index (χ1n) is 26.5. The number of hydrogen-bond donors (Lipinski definition) is 0. The lowest BCUT2D eigenvalue weighted by molar-refractivity contribution is -0.166. The number of esters is 3. The summed E-state index contributed by atoms with van der Waals surface area (Å²) in [6.45, 7) is 6.45. The van der Waals surface area contributed by atoms with Crippen molar-refractivity contribution in [3.05, 3.63) is 72.9 Å². The molecular weight excluding hydrogens is 781 g/mol. The summed E-state index contributed by atoms with van der Waals surface area (Å²) in [6.07, 6.45) is 64.7. The van der Waals surface area contributed by atoms with Gasteiger partial charge in [-0.25, -0.2) is 0 Å². The summed E-state index contributed by atoms with van der Waals surface area (Å²) in [7, 11) is 0. The minimum Gasteiger partial charge on any atom is -0.462 e. The molecule has 0 aliphatic heterocycles. The molecule has 0 fully saturated rings. The molecule has 0 aromatic carbocycles. The van der Waals surface area contributed by atoms with Gasteiger partial charge in [0.15, 0.2) is 6.10 Å². The third kappa shape index (κ3) is 49.7. The van der Waals surface area contributed by atoms with Crippen LogP contribution in [-0.4, -0.2) is 37.2 Å². The molecule has 1 unspecified atom stereocenters. The largest absolute Gasteiger partial charge is 0.462 e. The summed E-state index contributed by atoms with van der Waals surface area (Å²) in [5.74, 6) is -0.994. The Balaban J connectivity index is 4.46. The second kappa shape index (κ2) is 51.5. The molecular formula is C57H98O6. The Labute approximate surface area is 389 Å². The Hall–Kier alpha value is -3.15. The van der Waals surface area contributed by atoms with E-state index in [4.69, 9.17) is 14.2 Å². The molecule has 0 saturated carbocycles. The molecule has 0 heterocycles. The maximum absolute atomic E-state index is 12.8. The molecule has 0 saturated heterocycles. The highest BCUT2D eigenvalue weighted by atomic mass is 16.6. The highest BCUT2D eigenvalue weighted by Crippen LogP contribution is 2.14. The zero-order valence-corrected chi connectivity index (χ0v) is 41.3. The second-order valence-corrected chi connectivity index (χ2v) is 17.4. The average Bonchev–Trinajstić information content (AvgIpc) is 3.28. The number of unbranched alkanes of at least 4 members (excludes halogenated alkanes) is 25. The zero-order chi connectivity index (χ0) is 45.8. The highest BCUT2D eigenvalue weighted by molar-refractivity contribution is 5.71. The predicted octanol–water partition coefficient (Wildman–Crippen LogP) is 17.4. The van der Waals surface area contributed by atoms with Gasteiger partial charge in [0.05, 0.1) is 0 Å². The van der Waals surface area contributed by atoms with Crippen molar-refractivity contribution < 1.29 is 28.6 Å². The first kappa shape index (κ1) is 59.9. The Morgan fingerprint density at radius 1 is 0.349 bits per heavy atom. The smallest absolute Gasteiger partial charge is 0.306 e. The Morgan fingerprint density at radius 3 is 1.14 bits per heavy atom. The predicted molar refractivity (Wildman–Crippen MR) is 270 cm³/mol. The van der Waals surface area contributed by atoms with Crippen LogP contribution in [0.15, 0.2) is 72.9 Å². The number of rotatable bonds is 47. The van der Waals surface area contributed by atoms with Gasteiger partial charge in [-0.1, -0.05) is 216 Å². The van der Waals surface area contributed by atoms with Gasteiger partial charge < -0.3 is 14.2 Å². The maximum atomic E-state index is 12.8. The lowest BCUT2D eigenvalue weighted by Gasteiger charge is -2.18. The van der Waals surface area contributed by atoms with E-state index in [0.29, 0.717) is 19.3 Å². The van der Waals surface area contributed by atoms with E-state index in [9.17, 15) is 14.4 Å². The summed E-state index contributed by atoms with van der Waals surface area (Å²) in [4.78, 5) is 37.9. The Kier molecular flexibility index (Phi) is 48.9. The Morgan fingerprint density at radius 2 is 0.698 bits per heavy atom. The molecule has 0 bridgehead atoms. The van der Waals surface area contributed by atoms with E-state index < -0.39 is 6.10 Å². The summed E-state index contributed by atoms with van der Waals surface area (Å²) in [5.41, 5.74) is 0. The third-order valence-corrected chi connectivity index (χ3v) is 11.2. The minimum atomic E-state index is -0.808. The molecule has 1 atom stereocenters. The molecule has 0 aliphatic rings. The van der Waals surface area contributed by atoms with E-state index in [1.807, 2.05) is 6.08 Å². The van der Waals surface area contributed by atoms with Crippen molar-refractivity contribution in [2.45, 2.75) is 258 Å². The van der Waals surface area contributed by atoms with Gasteiger partial charge in [0.1, 0.15) is 13.2 Å². The molecule has 0 spiro atoms. The van der Waals surface area contributed by atoms with Crippen molar-refractivity contribution in [2.75, 3.05) is 13.2 Å². The summed E-state index contributed by atoms with van der Waals surface area (Å²) in [5, 5.41) is 0. The normalized spacial score (nSPS) is 12.6. The Bertz CT molecular complexity index is 1190. The van der Waals surface area contributed by atoms with Gasteiger partial charge >= 0.3 is 17.9 Å². The van der Waals surface area contributed by atoms with E-state index in [2.05, 4.69) is 87.6 Å². The maximum Gasteiger partial charge on any atom is 0.306 e. The highest BCUT2D eigenvalue weighted by Gasteiger charge is 2.19. The van der Waals surface area contributed by atoms with Gasteiger partial charge in [-0.2, -0.15) is 0 Å². The standard InChI is InChI=1S/C57H98O6/c1-4-7-10-13-16-19-22-25-27-28-29-30-33-35-38-41-44-47-50-56(59)62-53-54(52-61-55(58)49-46-43-40-37-34-31-24-21-18-15-12-9-6-3)63-57(60)51-48-45-42-39-36-32-26-23-20-17-14-11-8-5-2/h8,11,17,20,27-31,34,40,43,54H,4-7,9-10,12-16,18-19,21-26,32-33,35-39,41-42,44-53H2,1-3H3/b11-8-,20-17-,28-27-,30-29-,34-31-,43-40-. The number of carbonyl (C=O) groups is 3. The van der Waals surface area contributed by atoms with Crippen LogP contribution in [0.5, 0.6) is 0 Å². The van der Waals surface area contributed by atoms with Crippen LogP contribution in [0.1, 0.15) is 252 Å². The van der Waals surface area contributed by atoms with Gasteiger partial charge in [0, 0.05) is 19.3 Å². The van der Waals surface area contributed by atoms with Crippen LogP contribution >= 0.6 is 0 Å². The molecule has 0 amide bonds. The van der Waals surface area contributed by atoms with Crippen molar-refractivity contribution >= 4 is 17.9 Å². The second-order valence-electron chi connectivity index (χ2n) is 17.4. The lowest BCUT2D eigenvalue weighted by atomic mass is 10.1. The van der Waals surface area contributed by atoms with Crippen LogP contribution in [0.25, 0.3) is 0 Å². The number of hydrogen-bond acceptors (Lipinski definition) is 6.